The molecule has 8 heteroatoms. The Hall–Kier alpha value is -1.96. The fourth-order valence-electron chi connectivity index (χ4n) is 3.95. The molecule has 1 N–H and O–H groups in total. The van der Waals surface area contributed by atoms with Crippen LogP contribution in [0.15, 0.2) is 4.52 Å². The predicted octanol–water partition coefficient (Wildman–Crippen LogP) is 1.48. The molecule has 1 atom stereocenters. The lowest BCUT2D eigenvalue weighted by molar-refractivity contribution is -0.142. The lowest BCUT2D eigenvalue weighted by atomic mass is 9.76. The van der Waals surface area contributed by atoms with E-state index in [0.717, 1.165) is 12.8 Å². The molecule has 2 aliphatic heterocycles. The number of carboxylic acid groups (broad SMARTS) is 1. The Kier molecular flexibility index (Phi) is 4.81. The van der Waals surface area contributed by atoms with Gasteiger partial charge in [0.05, 0.1) is 6.54 Å². The molecule has 1 spiro atoms. The molecule has 3 heterocycles. The van der Waals surface area contributed by atoms with E-state index in [-0.39, 0.29) is 17.2 Å². The van der Waals surface area contributed by atoms with E-state index in [1.54, 1.807) is 6.92 Å². The molecule has 1 unspecified atom stereocenters. The van der Waals surface area contributed by atoms with Gasteiger partial charge >= 0.3 is 5.97 Å². The first kappa shape index (κ1) is 17.8. The van der Waals surface area contributed by atoms with Gasteiger partial charge < -0.3 is 14.5 Å². The van der Waals surface area contributed by atoms with Crippen LogP contribution in [-0.2, 0) is 16.1 Å². The number of hydrogen-bond acceptors (Lipinski definition) is 6. The molecule has 0 aliphatic carbocycles. The Bertz CT molecular complexity index is 649. The number of carboxylic acids is 1. The van der Waals surface area contributed by atoms with Crippen LogP contribution < -0.4 is 0 Å². The lowest BCUT2D eigenvalue weighted by Crippen LogP contribution is -2.43. The van der Waals surface area contributed by atoms with Gasteiger partial charge in [-0.25, -0.2) is 0 Å². The van der Waals surface area contributed by atoms with Crippen molar-refractivity contribution in [3.63, 3.8) is 0 Å². The fourth-order valence-corrected chi connectivity index (χ4v) is 3.95. The number of amides is 1. The number of aromatic nitrogens is 2. The molecule has 2 fully saturated rings. The Balaban J connectivity index is 1.70. The van der Waals surface area contributed by atoms with Gasteiger partial charge in [0, 0.05) is 32.5 Å². The van der Waals surface area contributed by atoms with E-state index in [0.29, 0.717) is 44.3 Å². The minimum absolute atomic E-state index is 0.0457. The summed E-state index contributed by atoms with van der Waals surface area (Å²) < 4.78 is 5.29. The molecule has 138 valence electrons. The third kappa shape index (κ3) is 3.68. The molecule has 0 bridgehead atoms. The monoisotopic (exact) mass is 350 g/mol. The van der Waals surface area contributed by atoms with Gasteiger partial charge in [0.1, 0.15) is 6.04 Å². The van der Waals surface area contributed by atoms with Crippen LogP contribution in [0.2, 0.25) is 0 Å². The van der Waals surface area contributed by atoms with Crippen molar-refractivity contribution in [1.82, 2.24) is 19.9 Å². The van der Waals surface area contributed by atoms with E-state index in [4.69, 9.17) is 4.52 Å². The van der Waals surface area contributed by atoms with Crippen LogP contribution in [0.25, 0.3) is 0 Å². The molecule has 1 aromatic heterocycles. The topological polar surface area (TPSA) is 99.8 Å². The first-order valence-corrected chi connectivity index (χ1v) is 8.84. The molecule has 1 aromatic rings. The van der Waals surface area contributed by atoms with Crippen molar-refractivity contribution >= 4 is 11.9 Å². The van der Waals surface area contributed by atoms with Crippen LogP contribution >= 0.6 is 0 Å². The summed E-state index contributed by atoms with van der Waals surface area (Å²) in [6.07, 6.45) is 2.29. The van der Waals surface area contributed by atoms with Crippen LogP contribution in [-0.4, -0.2) is 62.6 Å². The maximum atomic E-state index is 11.7. The molecule has 2 aliphatic rings. The van der Waals surface area contributed by atoms with Gasteiger partial charge in [-0.2, -0.15) is 4.98 Å². The second kappa shape index (κ2) is 6.74. The van der Waals surface area contributed by atoms with Crippen molar-refractivity contribution in [2.45, 2.75) is 58.5 Å². The van der Waals surface area contributed by atoms with Crippen LogP contribution in [0.5, 0.6) is 0 Å². The van der Waals surface area contributed by atoms with E-state index in [9.17, 15) is 14.7 Å². The summed E-state index contributed by atoms with van der Waals surface area (Å²) in [5.74, 6) is 0.563. The minimum atomic E-state index is -0.811. The Morgan fingerprint density at radius 1 is 1.36 bits per heavy atom. The highest BCUT2D eigenvalue weighted by atomic mass is 16.5. The van der Waals surface area contributed by atoms with Crippen LogP contribution in [0.4, 0.5) is 0 Å². The van der Waals surface area contributed by atoms with Gasteiger partial charge in [0.2, 0.25) is 11.8 Å². The number of rotatable bonds is 4. The molecule has 8 nitrogen and oxygen atoms in total. The Morgan fingerprint density at radius 2 is 2.04 bits per heavy atom. The standard InChI is InChI=1S/C17H26N4O4/c1-11(2)15-18-14(25-19-15)9-21-10-17(8-13(21)16(23)24)4-6-20(7-5-17)12(3)22/h11,13H,4-10H2,1-3H3,(H,23,24). The molecule has 1 amide bonds. The van der Waals surface area contributed by atoms with Gasteiger partial charge in [0.25, 0.3) is 0 Å². The number of piperidine rings is 1. The summed E-state index contributed by atoms with van der Waals surface area (Å²) in [7, 11) is 0. The zero-order chi connectivity index (χ0) is 18.2. The minimum Gasteiger partial charge on any atom is -0.480 e. The first-order chi connectivity index (χ1) is 11.8. The third-order valence-corrected chi connectivity index (χ3v) is 5.50. The largest absolute Gasteiger partial charge is 0.480 e. The number of carbonyl (C=O) groups excluding carboxylic acids is 1. The van der Waals surface area contributed by atoms with Gasteiger partial charge in [-0.15, -0.1) is 0 Å². The molecular formula is C17H26N4O4. The van der Waals surface area contributed by atoms with Crippen molar-refractivity contribution in [3.05, 3.63) is 11.7 Å². The van der Waals surface area contributed by atoms with Crippen LogP contribution in [0, 0.1) is 5.41 Å². The van der Waals surface area contributed by atoms with Gasteiger partial charge in [-0.05, 0) is 24.7 Å². The Morgan fingerprint density at radius 3 is 2.56 bits per heavy atom. The van der Waals surface area contributed by atoms with E-state index >= 15 is 0 Å². The van der Waals surface area contributed by atoms with E-state index in [1.807, 2.05) is 23.6 Å². The number of aliphatic carboxylic acids is 1. The number of likely N-dealkylation sites (tertiary alicyclic amines) is 2. The van der Waals surface area contributed by atoms with Crippen molar-refractivity contribution in [2.75, 3.05) is 19.6 Å². The van der Waals surface area contributed by atoms with Crippen molar-refractivity contribution in [1.29, 1.82) is 0 Å². The molecule has 2 saturated heterocycles. The zero-order valence-corrected chi connectivity index (χ0v) is 15.1. The molecule has 0 saturated carbocycles. The fraction of sp³-hybridized carbons (Fsp3) is 0.765. The highest BCUT2D eigenvalue weighted by Gasteiger charge is 2.48. The molecular weight excluding hydrogens is 324 g/mol. The molecule has 3 rings (SSSR count). The SMILES string of the molecule is CC(=O)N1CCC2(CC1)CC(C(=O)O)N(Cc1nc(C(C)C)no1)C2. The zero-order valence-electron chi connectivity index (χ0n) is 15.1. The maximum Gasteiger partial charge on any atom is 0.320 e. The second-order valence-corrected chi connectivity index (χ2v) is 7.67. The average Bonchev–Trinajstić information content (AvgIpc) is 3.14. The first-order valence-electron chi connectivity index (χ1n) is 8.84. The highest BCUT2D eigenvalue weighted by Crippen LogP contribution is 2.44. The smallest absolute Gasteiger partial charge is 0.320 e. The maximum absolute atomic E-state index is 11.7. The summed E-state index contributed by atoms with van der Waals surface area (Å²) in [5.41, 5.74) is -0.0457. The second-order valence-electron chi connectivity index (χ2n) is 7.67. The van der Waals surface area contributed by atoms with Crippen LogP contribution in [0.1, 0.15) is 57.7 Å². The number of carbonyl (C=O) groups is 2. The van der Waals surface area contributed by atoms with Crippen molar-refractivity contribution < 1.29 is 19.2 Å². The number of nitrogens with zero attached hydrogens (tertiary/aromatic N) is 4. The number of hydrogen-bond donors (Lipinski definition) is 1. The predicted molar refractivity (Wildman–Crippen MR) is 88.8 cm³/mol. The van der Waals surface area contributed by atoms with Gasteiger partial charge in [0.15, 0.2) is 5.82 Å². The summed E-state index contributed by atoms with van der Waals surface area (Å²) >= 11 is 0. The lowest BCUT2D eigenvalue weighted by Gasteiger charge is -2.39. The van der Waals surface area contributed by atoms with E-state index < -0.39 is 12.0 Å². The van der Waals surface area contributed by atoms with Gasteiger partial charge in [-0.1, -0.05) is 19.0 Å². The van der Waals surface area contributed by atoms with E-state index in [1.165, 1.54) is 0 Å². The normalized spacial score (nSPS) is 23.5. The van der Waals surface area contributed by atoms with Crippen LogP contribution in [0.3, 0.4) is 0 Å². The van der Waals surface area contributed by atoms with E-state index in [2.05, 4.69) is 10.1 Å². The van der Waals surface area contributed by atoms with Gasteiger partial charge in [-0.3, -0.25) is 14.5 Å². The van der Waals surface area contributed by atoms with Crippen molar-refractivity contribution in [3.8, 4) is 0 Å². The Labute approximate surface area is 147 Å². The summed E-state index contributed by atoms with van der Waals surface area (Å²) in [6.45, 7) is 8.01. The summed E-state index contributed by atoms with van der Waals surface area (Å²) in [5, 5.41) is 13.6. The average molecular weight is 350 g/mol. The molecule has 0 radical (unpaired) electrons. The third-order valence-electron chi connectivity index (χ3n) is 5.50. The quantitative estimate of drug-likeness (QED) is 0.878. The summed E-state index contributed by atoms with van der Waals surface area (Å²) in [6, 6.07) is -0.543. The summed E-state index contributed by atoms with van der Waals surface area (Å²) in [4.78, 5) is 31.4. The molecule has 25 heavy (non-hydrogen) atoms. The molecule has 0 aromatic carbocycles. The highest BCUT2D eigenvalue weighted by molar-refractivity contribution is 5.74. The van der Waals surface area contributed by atoms with Crippen molar-refractivity contribution in [2.24, 2.45) is 5.41 Å².